The largest absolute Gasteiger partial charge is 0.478 e. The standard InChI is InChI=1S/C16H12O4/c1-2-11(15(17)18)14(16(19)20)13-9-5-7-10-6-3-4-8-12(10)13/h2-9H,1H2,(H,17,18)(H,19,20)/b14-11-. The third kappa shape index (κ3) is 2.31. The van der Waals surface area contributed by atoms with E-state index in [0.29, 0.717) is 10.9 Å². The molecule has 0 bridgehead atoms. The fourth-order valence-corrected chi connectivity index (χ4v) is 2.12. The van der Waals surface area contributed by atoms with E-state index >= 15 is 0 Å². The zero-order valence-electron chi connectivity index (χ0n) is 10.5. The fraction of sp³-hybridized carbons (Fsp3) is 0. The second-order valence-corrected chi connectivity index (χ2v) is 4.13. The van der Waals surface area contributed by atoms with Crippen LogP contribution in [0.15, 0.2) is 60.7 Å². The first kappa shape index (κ1) is 13.5. The molecule has 0 fully saturated rings. The minimum Gasteiger partial charge on any atom is -0.478 e. The summed E-state index contributed by atoms with van der Waals surface area (Å²) in [6.07, 6.45) is 1.05. The molecule has 2 rings (SSSR count). The molecular weight excluding hydrogens is 256 g/mol. The fourth-order valence-electron chi connectivity index (χ4n) is 2.12. The van der Waals surface area contributed by atoms with Crippen molar-refractivity contribution in [3.05, 3.63) is 66.3 Å². The van der Waals surface area contributed by atoms with Crippen molar-refractivity contribution in [1.29, 1.82) is 0 Å². The summed E-state index contributed by atoms with van der Waals surface area (Å²) in [4.78, 5) is 22.7. The smallest absolute Gasteiger partial charge is 0.337 e. The van der Waals surface area contributed by atoms with Crippen molar-refractivity contribution in [1.82, 2.24) is 0 Å². The van der Waals surface area contributed by atoms with Gasteiger partial charge in [0.15, 0.2) is 0 Å². The highest BCUT2D eigenvalue weighted by Gasteiger charge is 2.21. The Morgan fingerprint density at radius 1 is 0.950 bits per heavy atom. The van der Waals surface area contributed by atoms with Crippen LogP contribution in [0, 0.1) is 0 Å². The lowest BCUT2D eigenvalue weighted by atomic mass is 9.94. The zero-order valence-corrected chi connectivity index (χ0v) is 10.5. The van der Waals surface area contributed by atoms with Gasteiger partial charge in [-0.1, -0.05) is 55.1 Å². The number of aliphatic carboxylic acids is 2. The summed E-state index contributed by atoms with van der Waals surface area (Å²) < 4.78 is 0. The summed E-state index contributed by atoms with van der Waals surface area (Å²) in [6.45, 7) is 3.39. The molecule has 0 atom stereocenters. The summed E-state index contributed by atoms with van der Waals surface area (Å²) in [5.41, 5.74) is -0.217. The van der Waals surface area contributed by atoms with Crippen molar-refractivity contribution in [2.75, 3.05) is 0 Å². The Kier molecular flexibility index (Phi) is 3.66. The molecule has 20 heavy (non-hydrogen) atoms. The molecule has 0 aliphatic rings. The Labute approximate surface area is 115 Å². The number of carboxylic acids is 2. The normalized spacial score (nSPS) is 11.8. The Balaban J connectivity index is 2.87. The SMILES string of the molecule is C=C/C(C(=O)O)=C(/C(=O)O)c1cccc2ccccc12. The van der Waals surface area contributed by atoms with E-state index in [1.807, 2.05) is 18.2 Å². The molecule has 2 N–H and O–H groups in total. The van der Waals surface area contributed by atoms with Crippen LogP contribution in [0.4, 0.5) is 0 Å². The molecule has 0 saturated heterocycles. The Bertz CT molecular complexity index is 736. The minimum atomic E-state index is -1.31. The third-order valence-electron chi connectivity index (χ3n) is 2.98. The van der Waals surface area contributed by atoms with Crippen molar-refractivity contribution in [2.45, 2.75) is 0 Å². The second-order valence-electron chi connectivity index (χ2n) is 4.13. The molecule has 0 amide bonds. The Morgan fingerprint density at radius 3 is 2.20 bits per heavy atom. The molecule has 0 heterocycles. The average Bonchev–Trinajstić information content (AvgIpc) is 2.43. The van der Waals surface area contributed by atoms with Crippen LogP contribution in [0.3, 0.4) is 0 Å². The highest BCUT2D eigenvalue weighted by Crippen LogP contribution is 2.28. The monoisotopic (exact) mass is 268 g/mol. The van der Waals surface area contributed by atoms with E-state index in [-0.39, 0.29) is 11.1 Å². The number of carboxylic acid groups (broad SMARTS) is 2. The van der Waals surface area contributed by atoms with Crippen LogP contribution in [0.5, 0.6) is 0 Å². The van der Waals surface area contributed by atoms with Gasteiger partial charge in [0.05, 0.1) is 11.1 Å². The van der Waals surface area contributed by atoms with Crippen molar-refractivity contribution in [3.8, 4) is 0 Å². The van der Waals surface area contributed by atoms with Crippen LogP contribution in [0.2, 0.25) is 0 Å². The summed E-state index contributed by atoms with van der Waals surface area (Å²) in [6, 6.07) is 12.3. The van der Waals surface area contributed by atoms with Gasteiger partial charge in [-0.05, 0) is 16.3 Å². The van der Waals surface area contributed by atoms with Gasteiger partial charge in [-0.2, -0.15) is 0 Å². The van der Waals surface area contributed by atoms with Gasteiger partial charge < -0.3 is 10.2 Å². The molecule has 2 aromatic rings. The molecule has 0 aromatic heterocycles. The molecule has 0 aliphatic carbocycles. The third-order valence-corrected chi connectivity index (χ3v) is 2.98. The lowest BCUT2D eigenvalue weighted by Gasteiger charge is -2.09. The molecular formula is C16H12O4. The van der Waals surface area contributed by atoms with Crippen LogP contribution in [-0.2, 0) is 9.59 Å². The van der Waals surface area contributed by atoms with Gasteiger partial charge in [-0.15, -0.1) is 0 Å². The van der Waals surface area contributed by atoms with E-state index in [0.717, 1.165) is 11.5 Å². The van der Waals surface area contributed by atoms with Gasteiger partial charge in [-0.25, -0.2) is 9.59 Å². The van der Waals surface area contributed by atoms with E-state index in [9.17, 15) is 14.7 Å². The van der Waals surface area contributed by atoms with Crippen molar-refractivity contribution < 1.29 is 19.8 Å². The molecule has 4 nitrogen and oxygen atoms in total. The predicted molar refractivity (Wildman–Crippen MR) is 76.3 cm³/mol. The zero-order chi connectivity index (χ0) is 14.7. The molecule has 0 unspecified atom stereocenters. The van der Waals surface area contributed by atoms with E-state index in [1.54, 1.807) is 24.3 Å². The van der Waals surface area contributed by atoms with E-state index in [1.165, 1.54) is 0 Å². The Hall–Kier alpha value is -2.88. The quantitative estimate of drug-likeness (QED) is 0.660. The van der Waals surface area contributed by atoms with Gasteiger partial charge >= 0.3 is 11.9 Å². The first-order valence-corrected chi connectivity index (χ1v) is 5.87. The van der Waals surface area contributed by atoms with Crippen molar-refractivity contribution in [2.24, 2.45) is 0 Å². The summed E-state index contributed by atoms with van der Waals surface area (Å²) >= 11 is 0. The van der Waals surface area contributed by atoms with Crippen molar-refractivity contribution >= 4 is 28.3 Å². The second kappa shape index (κ2) is 5.40. The molecule has 100 valence electrons. The van der Waals surface area contributed by atoms with Crippen LogP contribution in [-0.4, -0.2) is 22.2 Å². The van der Waals surface area contributed by atoms with Gasteiger partial charge in [0.2, 0.25) is 0 Å². The van der Waals surface area contributed by atoms with Gasteiger partial charge in [0.25, 0.3) is 0 Å². The first-order chi connectivity index (χ1) is 9.56. The minimum absolute atomic E-state index is 0.260. The number of fused-ring (bicyclic) bond motifs is 1. The highest BCUT2D eigenvalue weighted by molar-refractivity contribution is 6.25. The van der Waals surface area contributed by atoms with E-state index < -0.39 is 11.9 Å². The van der Waals surface area contributed by atoms with Gasteiger partial charge in [0.1, 0.15) is 0 Å². The van der Waals surface area contributed by atoms with Gasteiger partial charge in [0, 0.05) is 0 Å². The number of carbonyl (C=O) groups is 2. The van der Waals surface area contributed by atoms with Crippen LogP contribution in [0.25, 0.3) is 16.3 Å². The molecule has 0 spiro atoms. The summed E-state index contributed by atoms with van der Waals surface area (Å²) in [5, 5.41) is 20.0. The number of benzene rings is 2. The van der Waals surface area contributed by atoms with Crippen LogP contribution < -0.4 is 0 Å². The predicted octanol–water partition coefficient (Wildman–Crippen LogP) is 2.95. The number of hydrogen-bond donors (Lipinski definition) is 2. The first-order valence-electron chi connectivity index (χ1n) is 5.87. The molecule has 0 radical (unpaired) electrons. The summed E-state index contributed by atoms with van der Waals surface area (Å²) in [5.74, 6) is -2.61. The van der Waals surface area contributed by atoms with Crippen LogP contribution >= 0.6 is 0 Å². The summed E-state index contributed by atoms with van der Waals surface area (Å²) in [7, 11) is 0. The maximum absolute atomic E-state index is 11.5. The highest BCUT2D eigenvalue weighted by atomic mass is 16.4. The lowest BCUT2D eigenvalue weighted by Crippen LogP contribution is -2.09. The topological polar surface area (TPSA) is 74.6 Å². The average molecular weight is 268 g/mol. The van der Waals surface area contributed by atoms with E-state index in [4.69, 9.17) is 5.11 Å². The molecule has 0 saturated carbocycles. The lowest BCUT2D eigenvalue weighted by molar-refractivity contribution is -0.134. The molecule has 4 heteroatoms. The van der Waals surface area contributed by atoms with Crippen LogP contribution in [0.1, 0.15) is 5.56 Å². The molecule has 2 aromatic carbocycles. The molecule has 0 aliphatic heterocycles. The number of rotatable bonds is 4. The van der Waals surface area contributed by atoms with E-state index in [2.05, 4.69) is 6.58 Å². The Morgan fingerprint density at radius 2 is 1.60 bits per heavy atom. The van der Waals surface area contributed by atoms with Crippen molar-refractivity contribution in [3.63, 3.8) is 0 Å². The number of hydrogen-bond acceptors (Lipinski definition) is 2. The maximum Gasteiger partial charge on any atom is 0.337 e. The van der Waals surface area contributed by atoms with Gasteiger partial charge in [-0.3, -0.25) is 0 Å². The maximum atomic E-state index is 11.5.